The van der Waals surface area contributed by atoms with Crippen LogP contribution in [0.15, 0.2) is 10.7 Å². The quantitative estimate of drug-likeness (QED) is 0.777. The largest absolute Gasteiger partial charge is 0.339 e. The van der Waals surface area contributed by atoms with Crippen molar-refractivity contribution in [1.29, 1.82) is 0 Å². The topological polar surface area (TPSA) is 69.6 Å². The third kappa shape index (κ3) is 2.38. The predicted octanol–water partition coefficient (Wildman–Crippen LogP) is 2.28. The summed E-state index contributed by atoms with van der Waals surface area (Å²) in [6, 6.07) is 0. The molecule has 0 bridgehead atoms. The summed E-state index contributed by atoms with van der Waals surface area (Å²) in [7, 11) is 0. The number of hydrogen-bond donors (Lipinski definition) is 0. The van der Waals surface area contributed by atoms with Gasteiger partial charge in [-0.1, -0.05) is 17.3 Å². The summed E-state index contributed by atoms with van der Waals surface area (Å²) in [6.45, 7) is 2.48. The highest BCUT2D eigenvalue weighted by Crippen LogP contribution is 2.38. The van der Waals surface area contributed by atoms with Crippen molar-refractivity contribution in [3.05, 3.63) is 23.6 Å². The van der Waals surface area contributed by atoms with Crippen molar-refractivity contribution in [3.63, 3.8) is 0 Å². The molecule has 0 aliphatic heterocycles. The lowest BCUT2D eigenvalue weighted by atomic mass is 10.3. The van der Waals surface area contributed by atoms with E-state index in [1.165, 1.54) is 0 Å². The zero-order chi connectivity index (χ0) is 12.5. The second-order valence-corrected chi connectivity index (χ2v) is 5.07. The molecule has 0 aromatic carbocycles. The molecule has 1 fully saturated rings. The maximum Gasteiger partial charge on any atom is 0.229 e. The Labute approximate surface area is 109 Å². The van der Waals surface area contributed by atoms with E-state index in [0.29, 0.717) is 18.3 Å². The van der Waals surface area contributed by atoms with Gasteiger partial charge < -0.3 is 4.52 Å². The summed E-state index contributed by atoms with van der Waals surface area (Å²) < 4.78 is 6.87. The van der Waals surface area contributed by atoms with Gasteiger partial charge in [-0.15, -0.1) is 16.7 Å². The summed E-state index contributed by atoms with van der Waals surface area (Å²) in [6.07, 6.45) is 4.96. The first kappa shape index (κ1) is 11.6. The summed E-state index contributed by atoms with van der Waals surface area (Å²) in [5, 5.41) is 11.9. The minimum Gasteiger partial charge on any atom is -0.339 e. The molecular weight excluding hydrogens is 254 g/mol. The van der Waals surface area contributed by atoms with E-state index in [4.69, 9.17) is 16.1 Å². The SMILES string of the molecule is CCC(Cl)c1cn(Cc2noc(C3CC3)n2)nn1. The first-order chi connectivity index (χ1) is 8.76. The van der Waals surface area contributed by atoms with Gasteiger partial charge in [0.05, 0.1) is 11.6 Å². The minimum absolute atomic E-state index is 0.0916. The zero-order valence-electron chi connectivity index (χ0n) is 10.1. The fourth-order valence-electron chi connectivity index (χ4n) is 1.72. The molecule has 18 heavy (non-hydrogen) atoms. The second kappa shape index (κ2) is 4.68. The molecule has 0 spiro atoms. The normalized spacial score (nSPS) is 17.0. The van der Waals surface area contributed by atoms with E-state index < -0.39 is 0 Å². The van der Waals surface area contributed by atoms with Crippen LogP contribution in [0.5, 0.6) is 0 Å². The lowest BCUT2D eigenvalue weighted by molar-refractivity contribution is 0.372. The van der Waals surface area contributed by atoms with Crippen LogP contribution >= 0.6 is 11.6 Å². The highest BCUT2D eigenvalue weighted by molar-refractivity contribution is 6.20. The molecule has 0 N–H and O–H groups in total. The molecule has 1 saturated carbocycles. The van der Waals surface area contributed by atoms with Gasteiger partial charge in [0.15, 0.2) is 5.82 Å². The first-order valence-corrected chi connectivity index (χ1v) is 6.56. The van der Waals surface area contributed by atoms with Crippen molar-refractivity contribution < 1.29 is 4.52 Å². The van der Waals surface area contributed by atoms with E-state index in [2.05, 4.69) is 20.5 Å². The fraction of sp³-hybridized carbons (Fsp3) is 0.636. The second-order valence-electron chi connectivity index (χ2n) is 4.54. The molecule has 1 unspecified atom stereocenters. The Morgan fingerprint density at radius 2 is 2.39 bits per heavy atom. The van der Waals surface area contributed by atoms with E-state index in [0.717, 1.165) is 30.8 Å². The number of nitrogens with zero attached hydrogens (tertiary/aromatic N) is 5. The maximum absolute atomic E-state index is 6.10. The first-order valence-electron chi connectivity index (χ1n) is 6.13. The molecule has 0 radical (unpaired) electrons. The van der Waals surface area contributed by atoms with Gasteiger partial charge in [-0.2, -0.15) is 4.98 Å². The van der Waals surface area contributed by atoms with Crippen molar-refractivity contribution in [2.45, 2.75) is 44.0 Å². The van der Waals surface area contributed by atoms with E-state index >= 15 is 0 Å². The Morgan fingerprint density at radius 3 is 3.11 bits per heavy atom. The van der Waals surface area contributed by atoms with Gasteiger partial charge in [-0.3, -0.25) is 0 Å². The Morgan fingerprint density at radius 1 is 1.56 bits per heavy atom. The predicted molar refractivity (Wildman–Crippen MR) is 64.3 cm³/mol. The Hall–Kier alpha value is -1.43. The van der Waals surface area contributed by atoms with Crippen LogP contribution in [-0.4, -0.2) is 25.1 Å². The Bertz CT molecular complexity index is 533. The molecule has 2 aromatic rings. The summed E-state index contributed by atoms with van der Waals surface area (Å²) in [5.74, 6) is 1.86. The van der Waals surface area contributed by atoms with Gasteiger partial charge in [0.2, 0.25) is 5.89 Å². The molecule has 0 saturated heterocycles. The van der Waals surface area contributed by atoms with Crippen LogP contribution in [0.3, 0.4) is 0 Å². The van der Waals surface area contributed by atoms with Crippen LogP contribution in [-0.2, 0) is 6.54 Å². The number of aromatic nitrogens is 5. The number of alkyl halides is 1. The highest BCUT2D eigenvalue weighted by atomic mass is 35.5. The van der Waals surface area contributed by atoms with Crippen LogP contribution < -0.4 is 0 Å². The van der Waals surface area contributed by atoms with Crippen molar-refractivity contribution in [2.75, 3.05) is 0 Å². The molecule has 7 heteroatoms. The Balaban J connectivity index is 1.69. The smallest absolute Gasteiger partial charge is 0.229 e. The standard InChI is InChI=1S/C11H14ClN5O/c1-2-8(12)9-5-17(16-14-9)6-10-13-11(18-15-10)7-3-4-7/h5,7-8H,2-4,6H2,1H3. The average molecular weight is 268 g/mol. The van der Waals surface area contributed by atoms with Crippen LogP contribution in [0.25, 0.3) is 0 Å². The van der Waals surface area contributed by atoms with E-state index in [9.17, 15) is 0 Å². The number of hydrogen-bond acceptors (Lipinski definition) is 5. The summed E-state index contributed by atoms with van der Waals surface area (Å²) in [5.41, 5.74) is 0.782. The molecular formula is C11H14ClN5O. The third-order valence-electron chi connectivity index (χ3n) is 2.95. The van der Waals surface area contributed by atoms with Crippen molar-refractivity contribution in [2.24, 2.45) is 0 Å². The van der Waals surface area contributed by atoms with E-state index in [1.807, 2.05) is 13.1 Å². The summed E-state index contributed by atoms with van der Waals surface area (Å²) in [4.78, 5) is 4.34. The van der Waals surface area contributed by atoms with Gasteiger partial charge in [-0.05, 0) is 19.3 Å². The van der Waals surface area contributed by atoms with Crippen LogP contribution in [0.4, 0.5) is 0 Å². The highest BCUT2D eigenvalue weighted by Gasteiger charge is 2.29. The molecule has 2 heterocycles. The minimum atomic E-state index is -0.0916. The molecule has 0 amide bonds. The summed E-state index contributed by atoms with van der Waals surface area (Å²) >= 11 is 6.10. The fourth-order valence-corrected chi connectivity index (χ4v) is 1.82. The third-order valence-corrected chi connectivity index (χ3v) is 3.48. The molecule has 2 aromatic heterocycles. The molecule has 1 aliphatic rings. The lowest BCUT2D eigenvalue weighted by Gasteiger charge is -1.98. The number of rotatable bonds is 5. The lowest BCUT2D eigenvalue weighted by Crippen LogP contribution is -2.02. The van der Waals surface area contributed by atoms with Gasteiger partial charge >= 0.3 is 0 Å². The van der Waals surface area contributed by atoms with Gasteiger partial charge in [-0.25, -0.2) is 4.68 Å². The van der Waals surface area contributed by atoms with Gasteiger partial charge in [0, 0.05) is 5.92 Å². The van der Waals surface area contributed by atoms with Gasteiger partial charge in [0.25, 0.3) is 0 Å². The van der Waals surface area contributed by atoms with Crippen molar-refractivity contribution in [1.82, 2.24) is 25.1 Å². The zero-order valence-corrected chi connectivity index (χ0v) is 10.8. The Kier molecular flexibility index (Phi) is 3.03. The average Bonchev–Trinajstić information content (AvgIpc) is 2.96. The van der Waals surface area contributed by atoms with Crippen molar-refractivity contribution in [3.8, 4) is 0 Å². The van der Waals surface area contributed by atoms with Crippen LogP contribution in [0, 0.1) is 0 Å². The monoisotopic (exact) mass is 267 g/mol. The maximum atomic E-state index is 6.10. The molecule has 1 atom stereocenters. The number of halogens is 1. The van der Waals surface area contributed by atoms with Crippen LogP contribution in [0.2, 0.25) is 0 Å². The molecule has 96 valence electrons. The molecule has 3 rings (SSSR count). The van der Waals surface area contributed by atoms with Gasteiger partial charge in [0.1, 0.15) is 12.2 Å². The van der Waals surface area contributed by atoms with Crippen LogP contribution in [0.1, 0.15) is 54.9 Å². The molecule has 6 nitrogen and oxygen atoms in total. The van der Waals surface area contributed by atoms with E-state index in [-0.39, 0.29) is 5.38 Å². The van der Waals surface area contributed by atoms with E-state index in [1.54, 1.807) is 4.68 Å². The molecule has 1 aliphatic carbocycles. The van der Waals surface area contributed by atoms with Crippen molar-refractivity contribution >= 4 is 11.6 Å².